The van der Waals surface area contributed by atoms with E-state index in [2.05, 4.69) is 20.6 Å². The van der Waals surface area contributed by atoms with Crippen molar-refractivity contribution in [3.8, 4) is 5.69 Å². The first-order valence-corrected chi connectivity index (χ1v) is 8.69. The topological polar surface area (TPSA) is 72.7 Å². The molecule has 1 N–H and O–H groups in total. The summed E-state index contributed by atoms with van der Waals surface area (Å²) in [6.45, 7) is 5.85. The first-order valence-electron chi connectivity index (χ1n) is 8.69. The molecule has 0 aliphatic carbocycles. The van der Waals surface area contributed by atoms with Crippen LogP contribution in [0.5, 0.6) is 0 Å². The van der Waals surface area contributed by atoms with Crippen LogP contribution in [0.3, 0.4) is 0 Å². The van der Waals surface area contributed by atoms with Crippen molar-refractivity contribution in [1.82, 2.24) is 20.0 Å². The van der Waals surface area contributed by atoms with E-state index < -0.39 is 0 Å². The second-order valence-corrected chi connectivity index (χ2v) is 6.56. The Labute approximate surface area is 156 Å². The molecule has 6 heteroatoms. The smallest absolute Gasteiger partial charge is 0.278 e. The van der Waals surface area contributed by atoms with Crippen molar-refractivity contribution < 1.29 is 4.79 Å². The molecular weight excluding hydrogens is 338 g/mol. The molecule has 0 radical (unpaired) electrons. The van der Waals surface area contributed by atoms with Crippen molar-refractivity contribution in [2.75, 3.05) is 5.32 Å². The Morgan fingerprint density at radius 3 is 2.70 bits per heavy atom. The molecule has 2 aromatic carbocycles. The highest BCUT2D eigenvalue weighted by Crippen LogP contribution is 2.25. The summed E-state index contributed by atoms with van der Waals surface area (Å²) in [6.07, 6.45) is 1.75. The van der Waals surface area contributed by atoms with Crippen molar-refractivity contribution in [3.63, 3.8) is 0 Å². The highest BCUT2D eigenvalue weighted by atomic mass is 16.2. The van der Waals surface area contributed by atoms with Gasteiger partial charge in [0.05, 0.1) is 22.6 Å². The minimum atomic E-state index is -0.291. The maximum Gasteiger partial charge on any atom is 0.278 e. The van der Waals surface area contributed by atoms with E-state index in [0.717, 1.165) is 27.7 Å². The van der Waals surface area contributed by atoms with Crippen LogP contribution < -0.4 is 5.32 Å². The number of nitrogens with zero attached hydrogens (tertiary/aromatic N) is 4. The van der Waals surface area contributed by atoms with Crippen LogP contribution in [0.2, 0.25) is 0 Å². The number of anilines is 1. The number of pyridine rings is 1. The number of hydrogen-bond acceptors (Lipinski definition) is 4. The fourth-order valence-electron chi connectivity index (χ4n) is 3.15. The van der Waals surface area contributed by atoms with Crippen LogP contribution in [-0.4, -0.2) is 25.9 Å². The fourth-order valence-corrected chi connectivity index (χ4v) is 3.15. The summed E-state index contributed by atoms with van der Waals surface area (Å²) in [4.78, 5) is 17.2. The highest BCUT2D eigenvalue weighted by molar-refractivity contribution is 6.08. The molecule has 0 unspecified atom stereocenters. The van der Waals surface area contributed by atoms with E-state index in [-0.39, 0.29) is 5.91 Å². The number of aryl methyl sites for hydroxylation is 2. The van der Waals surface area contributed by atoms with Gasteiger partial charge >= 0.3 is 0 Å². The molecule has 0 atom stereocenters. The minimum absolute atomic E-state index is 0.291. The Kier molecular flexibility index (Phi) is 4.16. The third-order valence-corrected chi connectivity index (χ3v) is 4.58. The van der Waals surface area contributed by atoms with Gasteiger partial charge in [-0.2, -0.15) is 0 Å². The zero-order valence-corrected chi connectivity index (χ0v) is 15.4. The van der Waals surface area contributed by atoms with E-state index in [9.17, 15) is 4.79 Å². The number of amides is 1. The summed E-state index contributed by atoms with van der Waals surface area (Å²) in [7, 11) is 0. The third-order valence-electron chi connectivity index (χ3n) is 4.58. The van der Waals surface area contributed by atoms with Crippen LogP contribution in [0.15, 0.2) is 54.7 Å². The standard InChI is InChI=1S/C21H19N5O/c1-13-6-4-7-16(12-13)26-15(3)20(24-25-26)21(27)23-18-10-9-14(2)19-17(18)8-5-11-22-19/h4-12H,1-3H3,(H,23,27). The van der Waals surface area contributed by atoms with Gasteiger partial charge in [0.2, 0.25) is 0 Å². The number of rotatable bonds is 3. The summed E-state index contributed by atoms with van der Waals surface area (Å²) in [5, 5.41) is 12.1. The van der Waals surface area contributed by atoms with Gasteiger partial charge in [-0.3, -0.25) is 9.78 Å². The highest BCUT2D eigenvalue weighted by Gasteiger charge is 2.18. The lowest BCUT2D eigenvalue weighted by molar-refractivity contribution is 0.102. The normalized spacial score (nSPS) is 10.9. The molecule has 0 aliphatic rings. The zero-order chi connectivity index (χ0) is 19.0. The molecule has 0 spiro atoms. The molecule has 134 valence electrons. The van der Waals surface area contributed by atoms with Gasteiger partial charge in [0.1, 0.15) is 0 Å². The van der Waals surface area contributed by atoms with Crippen LogP contribution >= 0.6 is 0 Å². The van der Waals surface area contributed by atoms with E-state index in [4.69, 9.17) is 0 Å². The van der Waals surface area contributed by atoms with Gasteiger partial charge in [-0.05, 0) is 62.2 Å². The Balaban J connectivity index is 1.68. The van der Waals surface area contributed by atoms with Gasteiger partial charge in [0.25, 0.3) is 5.91 Å². The molecule has 0 saturated carbocycles. The van der Waals surface area contributed by atoms with E-state index in [0.29, 0.717) is 17.1 Å². The van der Waals surface area contributed by atoms with E-state index in [1.807, 2.05) is 69.3 Å². The summed E-state index contributed by atoms with van der Waals surface area (Å²) < 4.78 is 1.68. The van der Waals surface area contributed by atoms with Crippen LogP contribution in [0, 0.1) is 20.8 Å². The molecule has 0 saturated heterocycles. The molecule has 4 rings (SSSR count). The van der Waals surface area contributed by atoms with Gasteiger partial charge in [0.15, 0.2) is 5.69 Å². The van der Waals surface area contributed by atoms with Gasteiger partial charge in [-0.15, -0.1) is 5.10 Å². The molecule has 4 aromatic rings. The summed E-state index contributed by atoms with van der Waals surface area (Å²) >= 11 is 0. The molecule has 0 fully saturated rings. The molecule has 0 bridgehead atoms. The van der Waals surface area contributed by atoms with E-state index in [1.165, 1.54) is 0 Å². The van der Waals surface area contributed by atoms with Crippen molar-refractivity contribution in [3.05, 3.63) is 77.2 Å². The van der Waals surface area contributed by atoms with Gasteiger partial charge in [-0.1, -0.05) is 23.4 Å². The molecule has 27 heavy (non-hydrogen) atoms. The zero-order valence-electron chi connectivity index (χ0n) is 15.4. The predicted octanol–water partition coefficient (Wildman–Crippen LogP) is 3.99. The number of aromatic nitrogens is 4. The molecule has 6 nitrogen and oxygen atoms in total. The van der Waals surface area contributed by atoms with Crippen molar-refractivity contribution >= 4 is 22.5 Å². The molecule has 1 amide bonds. The maximum absolute atomic E-state index is 12.8. The lowest BCUT2D eigenvalue weighted by atomic mass is 10.1. The van der Waals surface area contributed by atoms with Crippen LogP contribution in [0.25, 0.3) is 16.6 Å². The maximum atomic E-state index is 12.8. The molecule has 2 aromatic heterocycles. The molecule has 0 aliphatic heterocycles. The monoisotopic (exact) mass is 357 g/mol. The number of nitrogens with one attached hydrogen (secondary N) is 1. The minimum Gasteiger partial charge on any atom is -0.320 e. The predicted molar refractivity (Wildman–Crippen MR) is 105 cm³/mol. The second kappa shape index (κ2) is 6.64. The van der Waals surface area contributed by atoms with Crippen LogP contribution in [0.4, 0.5) is 5.69 Å². The second-order valence-electron chi connectivity index (χ2n) is 6.56. The molecular formula is C21H19N5O. The van der Waals surface area contributed by atoms with Gasteiger partial charge in [-0.25, -0.2) is 4.68 Å². The number of benzene rings is 2. The van der Waals surface area contributed by atoms with Crippen molar-refractivity contribution in [2.24, 2.45) is 0 Å². The fraction of sp³-hybridized carbons (Fsp3) is 0.143. The summed E-state index contributed by atoms with van der Waals surface area (Å²) in [5.74, 6) is -0.291. The molecule has 2 heterocycles. The van der Waals surface area contributed by atoms with Crippen molar-refractivity contribution in [2.45, 2.75) is 20.8 Å². The summed E-state index contributed by atoms with van der Waals surface area (Å²) in [5.41, 5.74) is 5.62. The first kappa shape index (κ1) is 16.9. The Bertz CT molecular complexity index is 1160. The Morgan fingerprint density at radius 2 is 1.89 bits per heavy atom. The van der Waals surface area contributed by atoms with Crippen LogP contribution in [-0.2, 0) is 0 Å². The third kappa shape index (κ3) is 3.06. The van der Waals surface area contributed by atoms with E-state index in [1.54, 1.807) is 10.9 Å². The first-order chi connectivity index (χ1) is 13.0. The number of fused-ring (bicyclic) bond motifs is 1. The van der Waals surface area contributed by atoms with Crippen LogP contribution in [0.1, 0.15) is 27.3 Å². The Morgan fingerprint density at radius 1 is 1.04 bits per heavy atom. The summed E-state index contributed by atoms with van der Waals surface area (Å²) in [6, 6.07) is 15.5. The van der Waals surface area contributed by atoms with Crippen molar-refractivity contribution in [1.29, 1.82) is 0 Å². The average molecular weight is 357 g/mol. The number of carbonyl (C=O) groups excluding carboxylic acids is 1. The quantitative estimate of drug-likeness (QED) is 0.602. The lowest BCUT2D eigenvalue weighted by Gasteiger charge is -2.09. The lowest BCUT2D eigenvalue weighted by Crippen LogP contribution is -2.14. The SMILES string of the molecule is Cc1cccc(-n2nnc(C(=O)Nc3ccc(C)c4ncccc34)c2C)c1. The number of hydrogen-bond donors (Lipinski definition) is 1. The Hall–Kier alpha value is -3.54. The van der Waals surface area contributed by atoms with E-state index >= 15 is 0 Å². The largest absolute Gasteiger partial charge is 0.320 e. The van der Waals surface area contributed by atoms with Gasteiger partial charge < -0.3 is 5.32 Å². The average Bonchev–Trinajstić information content (AvgIpc) is 3.06. The number of carbonyl (C=O) groups is 1. The van der Waals surface area contributed by atoms with Gasteiger partial charge in [0, 0.05) is 11.6 Å².